The second kappa shape index (κ2) is 7.07. The molecule has 0 saturated carbocycles. The fraction of sp³-hybridized carbons (Fsp3) is 0.900. The van der Waals surface area contributed by atoms with Crippen molar-refractivity contribution in [3.05, 3.63) is 0 Å². The zero-order chi connectivity index (χ0) is 9.68. The minimum atomic E-state index is -0.0402. The van der Waals surface area contributed by atoms with E-state index in [0.29, 0.717) is 25.0 Å². The monoisotopic (exact) mass is 221 g/mol. The van der Waals surface area contributed by atoms with Crippen molar-refractivity contribution in [3.63, 3.8) is 0 Å². The zero-order valence-corrected chi connectivity index (χ0v) is 9.73. The Morgan fingerprint density at radius 2 is 2.29 bits per heavy atom. The van der Waals surface area contributed by atoms with Crippen LogP contribution in [0.25, 0.3) is 0 Å². The molecule has 1 unspecified atom stereocenters. The average molecular weight is 222 g/mol. The highest BCUT2D eigenvalue weighted by molar-refractivity contribution is 5.85. The molecule has 0 aromatic carbocycles. The number of halogens is 1. The largest absolute Gasteiger partial charge is 0.466 e. The van der Waals surface area contributed by atoms with Crippen LogP contribution in [-0.2, 0) is 9.53 Å². The summed E-state index contributed by atoms with van der Waals surface area (Å²) in [4.78, 5) is 11.2. The van der Waals surface area contributed by atoms with E-state index in [1.54, 1.807) is 0 Å². The Bertz CT molecular complexity index is 176. The average Bonchev–Trinajstić information content (AvgIpc) is 2.04. The highest BCUT2D eigenvalue weighted by atomic mass is 35.5. The van der Waals surface area contributed by atoms with Gasteiger partial charge in [-0.1, -0.05) is 0 Å². The maximum atomic E-state index is 11.2. The number of ether oxygens (including phenoxy) is 1. The van der Waals surface area contributed by atoms with Crippen LogP contribution in [0.5, 0.6) is 0 Å². The first-order chi connectivity index (χ1) is 6.22. The van der Waals surface area contributed by atoms with Gasteiger partial charge in [-0.25, -0.2) is 0 Å². The molecule has 1 fully saturated rings. The number of piperidine rings is 1. The van der Waals surface area contributed by atoms with Gasteiger partial charge in [0, 0.05) is 12.5 Å². The van der Waals surface area contributed by atoms with E-state index in [4.69, 9.17) is 4.74 Å². The van der Waals surface area contributed by atoms with E-state index in [0.717, 1.165) is 19.4 Å². The topological polar surface area (TPSA) is 38.3 Å². The Kier molecular flexibility index (Phi) is 6.93. The predicted molar refractivity (Wildman–Crippen MR) is 58.7 cm³/mol. The minimum Gasteiger partial charge on any atom is -0.466 e. The summed E-state index contributed by atoms with van der Waals surface area (Å²) in [6, 6.07) is 0.549. The van der Waals surface area contributed by atoms with Crippen molar-refractivity contribution < 1.29 is 9.53 Å². The van der Waals surface area contributed by atoms with Gasteiger partial charge in [0.05, 0.1) is 6.61 Å². The molecule has 0 radical (unpaired) electrons. The molecule has 0 bridgehead atoms. The lowest BCUT2D eigenvalue weighted by Gasteiger charge is -2.27. The van der Waals surface area contributed by atoms with Gasteiger partial charge in [-0.2, -0.15) is 0 Å². The van der Waals surface area contributed by atoms with E-state index in [-0.39, 0.29) is 18.4 Å². The highest BCUT2D eigenvalue weighted by Crippen LogP contribution is 2.19. The van der Waals surface area contributed by atoms with E-state index in [9.17, 15) is 4.79 Å². The Morgan fingerprint density at radius 3 is 2.86 bits per heavy atom. The maximum Gasteiger partial charge on any atom is 0.306 e. The summed E-state index contributed by atoms with van der Waals surface area (Å²) in [6.45, 7) is 5.55. The number of hydrogen-bond donors (Lipinski definition) is 1. The van der Waals surface area contributed by atoms with Crippen LogP contribution < -0.4 is 5.32 Å². The van der Waals surface area contributed by atoms with Gasteiger partial charge in [0.15, 0.2) is 0 Å². The van der Waals surface area contributed by atoms with Crippen molar-refractivity contribution in [2.75, 3.05) is 13.2 Å². The van der Waals surface area contributed by atoms with Crippen LogP contribution in [0.3, 0.4) is 0 Å². The lowest BCUT2D eigenvalue weighted by molar-refractivity contribution is -0.144. The molecule has 1 aliphatic heterocycles. The smallest absolute Gasteiger partial charge is 0.306 e. The van der Waals surface area contributed by atoms with Crippen molar-refractivity contribution in [2.24, 2.45) is 5.92 Å². The van der Waals surface area contributed by atoms with Crippen LogP contribution in [0.2, 0.25) is 0 Å². The molecule has 4 heteroatoms. The number of carbonyl (C=O) groups is 1. The Balaban J connectivity index is 0.00000169. The second-order valence-corrected chi connectivity index (χ2v) is 3.75. The van der Waals surface area contributed by atoms with Gasteiger partial charge in [-0.3, -0.25) is 4.79 Å². The van der Waals surface area contributed by atoms with Gasteiger partial charge >= 0.3 is 5.97 Å². The number of carbonyl (C=O) groups excluding carboxylic acids is 1. The summed E-state index contributed by atoms with van der Waals surface area (Å²) >= 11 is 0. The van der Waals surface area contributed by atoms with Crippen molar-refractivity contribution in [1.29, 1.82) is 0 Å². The SMILES string of the molecule is CCOC(=O)CC1CCN[C@H](C)C1.Cl. The molecule has 1 N–H and O–H groups in total. The molecule has 0 aliphatic carbocycles. The van der Waals surface area contributed by atoms with Crippen LogP contribution >= 0.6 is 12.4 Å². The Labute approximate surface area is 92.0 Å². The van der Waals surface area contributed by atoms with Crippen LogP contribution in [0.15, 0.2) is 0 Å². The molecule has 14 heavy (non-hydrogen) atoms. The lowest BCUT2D eigenvalue weighted by Crippen LogP contribution is -2.36. The van der Waals surface area contributed by atoms with E-state index >= 15 is 0 Å². The highest BCUT2D eigenvalue weighted by Gasteiger charge is 2.21. The summed E-state index contributed by atoms with van der Waals surface area (Å²) in [5, 5.41) is 3.37. The first-order valence-corrected chi connectivity index (χ1v) is 5.11. The Hall–Kier alpha value is -0.280. The molecule has 1 aliphatic rings. The molecular formula is C10H20ClNO2. The van der Waals surface area contributed by atoms with Gasteiger partial charge in [-0.15, -0.1) is 12.4 Å². The minimum absolute atomic E-state index is 0. The van der Waals surface area contributed by atoms with E-state index in [1.807, 2.05) is 6.92 Å². The summed E-state index contributed by atoms with van der Waals surface area (Å²) < 4.78 is 4.92. The molecule has 0 amide bonds. The first-order valence-electron chi connectivity index (χ1n) is 5.11. The third-order valence-electron chi connectivity index (χ3n) is 2.49. The van der Waals surface area contributed by atoms with Crippen LogP contribution in [0.1, 0.15) is 33.1 Å². The maximum absolute atomic E-state index is 11.2. The molecule has 2 atom stereocenters. The molecular weight excluding hydrogens is 202 g/mol. The van der Waals surface area contributed by atoms with Crippen LogP contribution in [0, 0.1) is 5.92 Å². The van der Waals surface area contributed by atoms with Gasteiger partial charge < -0.3 is 10.1 Å². The van der Waals surface area contributed by atoms with Crippen molar-refractivity contribution in [1.82, 2.24) is 5.32 Å². The molecule has 0 aromatic rings. The quantitative estimate of drug-likeness (QED) is 0.738. The molecule has 0 aromatic heterocycles. The normalized spacial score (nSPS) is 26.4. The van der Waals surface area contributed by atoms with Gasteiger partial charge in [0.2, 0.25) is 0 Å². The third-order valence-corrected chi connectivity index (χ3v) is 2.49. The van der Waals surface area contributed by atoms with Crippen molar-refractivity contribution in [2.45, 2.75) is 39.2 Å². The van der Waals surface area contributed by atoms with Crippen molar-refractivity contribution >= 4 is 18.4 Å². The van der Waals surface area contributed by atoms with Gasteiger partial charge in [0.25, 0.3) is 0 Å². The third kappa shape index (κ3) is 4.82. The fourth-order valence-electron chi connectivity index (χ4n) is 1.88. The second-order valence-electron chi connectivity index (χ2n) is 3.75. The number of nitrogens with one attached hydrogen (secondary N) is 1. The zero-order valence-electron chi connectivity index (χ0n) is 8.91. The fourth-order valence-corrected chi connectivity index (χ4v) is 1.88. The summed E-state index contributed by atoms with van der Waals surface area (Å²) in [5.41, 5.74) is 0. The number of esters is 1. The number of rotatable bonds is 3. The van der Waals surface area contributed by atoms with Gasteiger partial charge in [0.1, 0.15) is 0 Å². The van der Waals surface area contributed by atoms with Crippen LogP contribution in [-0.4, -0.2) is 25.2 Å². The molecule has 0 spiro atoms. The summed E-state index contributed by atoms with van der Waals surface area (Å²) in [5.74, 6) is 0.483. The molecule has 1 rings (SSSR count). The molecule has 1 saturated heterocycles. The Morgan fingerprint density at radius 1 is 1.57 bits per heavy atom. The lowest BCUT2D eigenvalue weighted by atomic mass is 9.90. The first kappa shape index (κ1) is 13.7. The van der Waals surface area contributed by atoms with Crippen LogP contribution in [0.4, 0.5) is 0 Å². The standard InChI is InChI=1S/C10H19NO2.ClH/c1-3-13-10(12)7-9-4-5-11-8(2)6-9;/h8-9,11H,3-7H2,1-2H3;1H/t8-,9?;/m1./s1. The van der Waals surface area contributed by atoms with Crippen molar-refractivity contribution in [3.8, 4) is 0 Å². The number of hydrogen-bond acceptors (Lipinski definition) is 3. The van der Waals surface area contributed by atoms with E-state index in [2.05, 4.69) is 12.2 Å². The molecule has 3 nitrogen and oxygen atoms in total. The predicted octanol–water partition coefficient (Wildman–Crippen LogP) is 1.75. The summed E-state index contributed by atoms with van der Waals surface area (Å²) in [7, 11) is 0. The van der Waals surface area contributed by atoms with E-state index < -0.39 is 0 Å². The van der Waals surface area contributed by atoms with E-state index in [1.165, 1.54) is 0 Å². The summed E-state index contributed by atoms with van der Waals surface area (Å²) in [6.07, 6.45) is 2.79. The molecule has 1 heterocycles. The van der Waals surface area contributed by atoms with Gasteiger partial charge in [-0.05, 0) is 39.2 Å². The molecule has 84 valence electrons.